The summed E-state index contributed by atoms with van der Waals surface area (Å²) in [6.07, 6.45) is 3.14. The van der Waals surface area contributed by atoms with E-state index in [-0.39, 0.29) is 5.60 Å². The molecule has 1 nitrogen and oxygen atoms in total. The number of aliphatic hydroxyl groups is 1. The first-order valence-corrected chi connectivity index (χ1v) is 5.91. The van der Waals surface area contributed by atoms with Crippen LogP contribution in [-0.2, 0) is 0 Å². The molecule has 0 saturated carbocycles. The second kappa shape index (κ2) is 4.01. The molecule has 1 rings (SSSR count). The molecule has 12 heavy (non-hydrogen) atoms. The highest BCUT2D eigenvalue weighted by Crippen LogP contribution is 2.37. The lowest BCUT2D eigenvalue weighted by Gasteiger charge is -2.22. The van der Waals surface area contributed by atoms with Crippen LogP contribution >= 0.6 is 11.8 Å². The Morgan fingerprint density at radius 3 is 2.67 bits per heavy atom. The molecule has 1 aliphatic heterocycles. The fourth-order valence-corrected chi connectivity index (χ4v) is 2.97. The third-order valence-corrected chi connectivity index (χ3v) is 3.93. The van der Waals surface area contributed by atoms with Gasteiger partial charge in [0.1, 0.15) is 0 Å². The Kier molecular flexibility index (Phi) is 3.47. The van der Waals surface area contributed by atoms with Crippen molar-refractivity contribution >= 4 is 11.8 Å². The molecule has 1 aliphatic rings. The van der Waals surface area contributed by atoms with Gasteiger partial charge in [-0.15, -0.1) is 0 Å². The second-order valence-electron chi connectivity index (χ2n) is 4.48. The van der Waals surface area contributed by atoms with Gasteiger partial charge in [0.15, 0.2) is 0 Å². The van der Waals surface area contributed by atoms with E-state index in [4.69, 9.17) is 0 Å². The summed E-state index contributed by atoms with van der Waals surface area (Å²) in [4.78, 5) is 0. The van der Waals surface area contributed by atoms with Crippen molar-refractivity contribution in [3.8, 4) is 0 Å². The Hall–Kier alpha value is 0.310. The smallest absolute Gasteiger partial charge is 0.0748 e. The molecule has 1 N–H and O–H groups in total. The van der Waals surface area contributed by atoms with Crippen molar-refractivity contribution in [1.29, 1.82) is 0 Å². The summed E-state index contributed by atoms with van der Waals surface area (Å²) in [6.45, 7) is 6.64. The maximum atomic E-state index is 10.1. The van der Waals surface area contributed by atoms with Crippen molar-refractivity contribution in [2.45, 2.75) is 50.9 Å². The lowest BCUT2D eigenvalue weighted by Crippen LogP contribution is -2.28. The largest absolute Gasteiger partial charge is 0.389 e. The lowest BCUT2D eigenvalue weighted by atomic mass is 9.91. The number of hydrogen-bond acceptors (Lipinski definition) is 2. The van der Waals surface area contributed by atoms with Crippen LogP contribution in [0, 0.1) is 5.92 Å². The van der Waals surface area contributed by atoms with E-state index in [1.807, 2.05) is 11.8 Å². The first-order chi connectivity index (χ1) is 5.52. The summed E-state index contributed by atoms with van der Waals surface area (Å²) in [5.74, 6) is 1.66. The van der Waals surface area contributed by atoms with Gasteiger partial charge in [-0.1, -0.05) is 20.8 Å². The quantitative estimate of drug-likeness (QED) is 0.735. The van der Waals surface area contributed by atoms with E-state index in [0.717, 1.165) is 30.9 Å². The lowest BCUT2D eigenvalue weighted by molar-refractivity contribution is 0.0491. The molecular weight excluding hydrogens is 168 g/mol. The normalized spacial score (nSPS) is 36.2. The van der Waals surface area contributed by atoms with E-state index in [2.05, 4.69) is 20.8 Å². The van der Waals surface area contributed by atoms with E-state index in [9.17, 15) is 5.11 Å². The molecule has 0 aromatic rings. The van der Waals surface area contributed by atoms with E-state index < -0.39 is 0 Å². The molecule has 2 heteroatoms. The van der Waals surface area contributed by atoms with Crippen LogP contribution < -0.4 is 0 Å². The van der Waals surface area contributed by atoms with Crippen molar-refractivity contribution < 1.29 is 5.11 Å². The zero-order valence-electron chi connectivity index (χ0n) is 8.34. The van der Waals surface area contributed by atoms with Gasteiger partial charge in [0.05, 0.1) is 5.60 Å². The summed E-state index contributed by atoms with van der Waals surface area (Å²) in [5.41, 5.74) is -0.339. The maximum absolute atomic E-state index is 10.1. The summed E-state index contributed by atoms with van der Waals surface area (Å²) in [6, 6.07) is 0. The van der Waals surface area contributed by atoms with Gasteiger partial charge in [-0.3, -0.25) is 0 Å². The van der Waals surface area contributed by atoms with Gasteiger partial charge in [0.2, 0.25) is 0 Å². The zero-order valence-corrected chi connectivity index (χ0v) is 9.16. The third-order valence-electron chi connectivity index (χ3n) is 2.49. The van der Waals surface area contributed by atoms with Crippen LogP contribution in [0.2, 0.25) is 0 Å². The highest BCUT2D eigenvalue weighted by atomic mass is 32.2. The van der Waals surface area contributed by atoms with Crippen molar-refractivity contribution in [2.75, 3.05) is 5.75 Å². The molecule has 72 valence electrons. The number of rotatable bonds is 3. The standard InChI is InChI=1S/C10H20OS/c1-8(2)4-5-10(11)6-9(3)12-7-10/h8-9,11H,4-7H2,1-3H3. The molecule has 2 unspecified atom stereocenters. The highest BCUT2D eigenvalue weighted by molar-refractivity contribution is 8.00. The molecule has 1 fully saturated rings. The Morgan fingerprint density at radius 1 is 1.58 bits per heavy atom. The summed E-state index contributed by atoms with van der Waals surface area (Å²) >= 11 is 1.91. The average Bonchev–Trinajstić information content (AvgIpc) is 2.29. The summed E-state index contributed by atoms with van der Waals surface area (Å²) in [7, 11) is 0. The topological polar surface area (TPSA) is 20.2 Å². The van der Waals surface area contributed by atoms with Crippen molar-refractivity contribution in [1.82, 2.24) is 0 Å². The monoisotopic (exact) mass is 188 g/mol. The molecular formula is C10H20OS. The highest BCUT2D eigenvalue weighted by Gasteiger charge is 2.35. The van der Waals surface area contributed by atoms with Crippen molar-refractivity contribution in [3.63, 3.8) is 0 Å². The molecule has 0 aromatic heterocycles. The Morgan fingerprint density at radius 2 is 2.25 bits per heavy atom. The van der Waals surface area contributed by atoms with E-state index >= 15 is 0 Å². The van der Waals surface area contributed by atoms with Gasteiger partial charge in [0, 0.05) is 11.0 Å². The van der Waals surface area contributed by atoms with E-state index in [1.165, 1.54) is 0 Å². The molecule has 0 aliphatic carbocycles. The van der Waals surface area contributed by atoms with E-state index in [1.54, 1.807) is 0 Å². The van der Waals surface area contributed by atoms with Gasteiger partial charge in [-0.25, -0.2) is 0 Å². The third kappa shape index (κ3) is 2.98. The zero-order chi connectivity index (χ0) is 9.19. The molecule has 0 radical (unpaired) electrons. The summed E-state index contributed by atoms with van der Waals surface area (Å²) < 4.78 is 0. The minimum atomic E-state index is -0.339. The van der Waals surface area contributed by atoms with Crippen LogP contribution in [0.15, 0.2) is 0 Å². The molecule has 0 bridgehead atoms. The minimum absolute atomic E-state index is 0.339. The number of hydrogen-bond donors (Lipinski definition) is 1. The van der Waals surface area contributed by atoms with Crippen LogP contribution in [0.25, 0.3) is 0 Å². The Labute approximate surface area is 79.9 Å². The van der Waals surface area contributed by atoms with Crippen molar-refractivity contribution in [2.24, 2.45) is 5.92 Å². The first kappa shape index (κ1) is 10.4. The molecule has 1 heterocycles. The maximum Gasteiger partial charge on any atom is 0.0748 e. The Balaban J connectivity index is 2.30. The Bertz CT molecular complexity index is 147. The van der Waals surface area contributed by atoms with Crippen LogP contribution in [0.3, 0.4) is 0 Å². The fraction of sp³-hybridized carbons (Fsp3) is 1.00. The minimum Gasteiger partial charge on any atom is -0.389 e. The van der Waals surface area contributed by atoms with E-state index in [0.29, 0.717) is 5.25 Å². The van der Waals surface area contributed by atoms with Gasteiger partial charge in [-0.05, 0) is 25.2 Å². The summed E-state index contributed by atoms with van der Waals surface area (Å²) in [5, 5.41) is 10.7. The van der Waals surface area contributed by atoms with Crippen LogP contribution in [0.5, 0.6) is 0 Å². The van der Waals surface area contributed by atoms with Crippen LogP contribution in [0.4, 0.5) is 0 Å². The van der Waals surface area contributed by atoms with Gasteiger partial charge >= 0.3 is 0 Å². The second-order valence-corrected chi connectivity index (χ2v) is 5.91. The fourth-order valence-electron chi connectivity index (χ4n) is 1.68. The van der Waals surface area contributed by atoms with Crippen LogP contribution in [0.1, 0.15) is 40.0 Å². The molecule has 0 aromatic carbocycles. The van der Waals surface area contributed by atoms with Gasteiger partial charge < -0.3 is 5.11 Å². The SMILES string of the molecule is CC(C)CCC1(O)CSC(C)C1. The van der Waals surface area contributed by atoms with Gasteiger partial charge in [0.25, 0.3) is 0 Å². The molecule has 2 atom stereocenters. The predicted molar refractivity (Wildman–Crippen MR) is 55.6 cm³/mol. The molecule has 0 amide bonds. The number of thioether (sulfide) groups is 1. The average molecular weight is 188 g/mol. The molecule has 0 spiro atoms. The first-order valence-electron chi connectivity index (χ1n) is 4.86. The van der Waals surface area contributed by atoms with Crippen molar-refractivity contribution in [3.05, 3.63) is 0 Å². The predicted octanol–water partition coefficient (Wildman–Crippen LogP) is 2.68. The van der Waals surface area contributed by atoms with Crippen LogP contribution in [-0.4, -0.2) is 21.7 Å². The van der Waals surface area contributed by atoms with Gasteiger partial charge in [-0.2, -0.15) is 11.8 Å². The molecule has 1 saturated heterocycles.